The summed E-state index contributed by atoms with van der Waals surface area (Å²) >= 11 is 5.67. The molecule has 1 atom stereocenters. The fourth-order valence-corrected chi connectivity index (χ4v) is 3.69. The number of aliphatic hydroxyl groups is 1. The van der Waals surface area contributed by atoms with Gasteiger partial charge in [0.1, 0.15) is 5.15 Å². The molecule has 0 aromatic carbocycles. The Morgan fingerprint density at radius 2 is 2.29 bits per heavy atom. The molecule has 8 heteroatoms. The van der Waals surface area contributed by atoms with Crippen molar-refractivity contribution in [3.63, 3.8) is 0 Å². The molecule has 1 aliphatic heterocycles. The molecule has 1 aromatic heterocycles. The maximum Gasteiger partial charge on any atom is 0.215 e. The number of sulfonamides is 1. The van der Waals surface area contributed by atoms with Gasteiger partial charge in [0.15, 0.2) is 0 Å². The van der Waals surface area contributed by atoms with Gasteiger partial charge in [-0.1, -0.05) is 17.7 Å². The van der Waals surface area contributed by atoms with Crippen LogP contribution in [0.15, 0.2) is 18.3 Å². The van der Waals surface area contributed by atoms with E-state index in [-0.39, 0.29) is 24.3 Å². The summed E-state index contributed by atoms with van der Waals surface area (Å²) in [7, 11) is -3.46. The van der Waals surface area contributed by atoms with Gasteiger partial charge in [-0.15, -0.1) is 0 Å². The number of ether oxygens (including phenoxy) is 1. The van der Waals surface area contributed by atoms with E-state index < -0.39 is 10.0 Å². The fourth-order valence-electron chi connectivity index (χ4n) is 2.34. The monoisotopic (exact) mass is 334 g/mol. The van der Waals surface area contributed by atoms with Crippen LogP contribution < -0.4 is 4.72 Å². The quantitative estimate of drug-likeness (QED) is 0.725. The van der Waals surface area contributed by atoms with E-state index in [9.17, 15) is 8.42 Å². The third-order valence-electron chi connectivity index (χ3n) is 3.64. The predicted octanol–water partition coefficient (Wildman–Crippen LogP) is 0.944. The second-order valence-electron chi connectivity index (χ2n) is 5.35. The predicted molar refractivity (Wildman–Crippen MR) is 79.4 cm³/mol. The first-order chi connectivity index (χ1) is 9.95. The van der Waals surface area contributed by atoms with Crippen LogP contribution >= 0.6 is 11.6 Å². The second kappa shape index (κ2) is 7.02. The molecule has 1 fully saturated rings. The number of hydrogen-bond acceptors (Lipinski definition) is 5. The second-order valence-corrected chi connectivity index (χ2v) is 7.54. The van der Waals surface area contributed by atoms with Crippen molar-refractivity contribution in [2.24, 2.45) is 5.41 Å². The highest BCUT2D eigenvalue weighted by Gasteiger charge is 2.35. The highest BCUT2D eigenvalue weighted by molar-refractivity contribution is 7.88. The Labute approximate surface area is 129 Å². The van der Waals surface area contributed by atoms with Crippen LogP contribution in [0.3, 0.4) is 0 Å². The molecule has 0 amide bonds. The molecule has 1 saturated heterocycles. The zero-order chi connectivity index (χ0) is 15.3. The third-order valence-corrected chi connectivity index (χ3v) is 5.16. The number of rotatable bonds is 7. The lowest BCUT2D eigenvalue weighted by Crippen LogP contribution is -2.39. The molecule has 6 nitrogen and oxygen atoms in total. The summed E-state index contributed by atoms with van der Waals surface area (Å²) in [6.45, 7) is 1.37. The van der Waals surface area contributed by atoms with Crippen LogP contribution in [-0.4, -0.2) is 44.9 Å². The Bertz CT molecular complexity index is 556. The van der Waals surface area contributed by atoms with Gasteiger partial charge >= 0.3 is 0 Å². The minimum atomic E-state index is -3.46. The molecule has 2 N–H and O–H groups in total. The van der Waals surface area contributed by atoms with Gasteiger partial charge < -0.3 is 9.84 Å². The standard InChI is InChI=1S/C13H19ClN2O4S/c14-12-2-1-11(7-15-12)8-21(18,19)16-9-13(3-5-17)4-6-20-10-13/h1-2,7,16-17H,3-6,8-10H2/t13-/m0/s1. The Morgan fingerprint density at radius 1 is 1.48 bits per heavy atom. The van der Waals surface area contributed by atoms with Gasteiger partial charge in [0.25, 0.3) is 0 Å². The molecule has 1 aromatic rings. The summed E-state index contributed by atoms with van der Waals surface area (Å²) in [5.41, 5.74) is 0.269. The molecule has 21 heavy (non-hydrogen) atoms. The van der Waals surface area contributed by atoms with Crippen molar-refractivity contribution in [1.29, 1.82) is 0 Å². The number of aromatic nitrogens is 1. The van der Waals surface area contributed by atoms with Crippen molar-refractivity contribution in [3.8, 4) is 0 Å². The average Bonchev–Trinajstić information content (AvgIpc) is 2.89. The minimum absolute atomic E-state index is 0.0200. The van der Waals surface area contributed by atoms with E-state index in [1.807, 2.05) is 0 Å². The van der Waals surface area contributed by atoms with E-state index >= 15 is 0 Å². The van der Waals surface area contributed by atoms with Crippen molar-refractivity contribution in [2.45, 2.75) is 18.6 Å². The highest BCUT2D eigenvalue weighted by Crippen LogP contribution is 2.31. The molecule has 2 heterocycles. The van der Waals surface area contributed by atoms with Crippen molar-refractivity contribution in [2.75, 3.05) is 26.4 Å². The number of aliphatic hydroxyl groups excluding tert-OH is 1. The lowest BCUT2D eigenvalue weighted by Gasteiger charge is -2.26. The van der Waals surface area contributed by atoms with E-state index in [4.69, 9.17) is 21.4 Å². The maximum absolute atomic E-state index is 12.1. The first-order valence-corrected chi connectivity index (χ1v) is 8.74. The molecule has 0 unspecified atom stereocenters. The SMILES string of the molecule is O=S(=O)(Cc1ccc(Cl)nc1)NC[C@]1(CCO)CCOC1. The molecule has 0 radical (unpaired) electrons. The van der Waals surface area contributed by atoms with E-state index in [1.165, 1.54) is 6.20 Å². The zero-order valence-electron chi connectivity index (χ0n) is 11.6. The van der Waals surface area contributed by atoms with Crippen molar-refractivity contribution in [3.05, 3.63) is 29.0 Å². The van der Waals surface area contributed by atoms with E-state index in [2.05, 4.69) is 9.71 Å². The summed E-state index contributed by atoms with van der Waals surface area (Å²) < 4.78 is 32.2. The molecule has 118 valence electrons. The number of hydrogen-bond donors (Lipinski definition) is 2. The van der Waals surface area contributed by atoms with Crippen LogP contribution in [0, 0.1) is 5.41 Å². The molecular weight excluding hydrogens is 316 g/mol. The maximum atomic E-state index is 12.1. The molecule has 1 aliphatic rings. The average molecular weight is 335 g/mol. The van der Waals surface area contributed by atoms with Crippen LogP contribution in [0.4, 0.5) is 0 Å². The van der Waals surface area contributed by atoms with Crippen molar-refractivity contribution < 1.29 is 18.3 Å². The number of nitrogens with one attached hydrogen (secondary N) is 1. The number of pyridine rings is 1. The Hall–Kier alpha value is -0.730. The Kier molecular flexibility index (Phi) is 5.56. The molecule has 0 spiro atoms. The number of nitrogens with zero attached hydrogens (tertiary/aromatic N) is 1. The summed E-state index contributed by atoms with van der Waals surface area (Å²) in [6, 6.07) is 3.20. The minimum Gasteiger partial charge on any atom is -0.396 e. The van der Waals surface area contributed by atoms with E-state index in [1.54, 1.807) is 12.1 Å². The largest absolute Gasteiger partial charge is 0.396 e. The van der Waals surface area contributed by atoms with Gasteiger partial charge in [-0.25, -0.2) is 18.1 Å². The lowest BCUT2D eigenvalue weighted by molar-refractivity contribution is 0.128. The molecule has 2 rings (SSSR count). The fraction of sp³-hybridized carbons (Fsp3) is 0.615. The molecule has 0 aliphatic carbocycles. The van der Waals surface area contributed by atoms with Gasteiger partial charge in [-0.3, -0.25) is 0 Å². The first kappa shape index (κ1) is 16.6. The van der Waals surface area contributed by atoms with E-state index in [0.29, 0.717) is 30.4 Å². The summed E-state index contributed by atoms with van der Waals surface area (Å²) in [5, 5.41) is 9.46. The highest BCUT2D eigenvalue weighted by atomic mass is 35.5. The zero-order valence-corrected chi connectivity index (χ0v) is 13.2. The van der Waals surface area contributed by atoms with E-state index in [0.717, 1.165) is 6.42 Å². The normalized spacial score (nSPS) is 22.6. The summed E-state index contributed by atoms with van der Waals surface area (Å²) in [4.78, 5) is 3.86. The summed E-state index contributed by atoms with van der Waals surface area (Å²) in [6.07, 6.45) is 2.72. The van der Waals surface area contributed by atoms with Gasteiger partial charge in [0, 0.05) is 31.4 Å². The van der Waals surface area contributed by atoms with Crippen molar-refractivity contribution in [1.82, 2.24) is 9.71 Å². The van der Waals surface area contributed by atoms with Crippen LogP contribution in [0.25, 0.3) is 0 Å². The Morgan fingerprint density at radius 3 is 2.86 bits per heavy atom. The van der Waals surface area contributed by atoms with Gasteiger partial charge in [-0.05, 0) is 24.5 Å². The first-order valence-electron chi connectivity index (χ1n) is 6.71. The number of halogens is 1. The van der Waals surface area contributed by atoms with Crippen molar-refractivity contribution >= 4 is 21.6 Å². The van der Waals surface area contributed by atoms with Gasteiger partial charge in [0.05, 0.1) is 12.4 Å². The van der Waals surface area contributed by atoms with Crippen LogP contribution in [0.2, 0.25) is 5.15 Å². The lowest BCUT2D eigenvalue weighted by atomic mass is 9.84. The molecule has 0 saturated carbocycles. The van der Waals surface area contributed by atoms with Gasteiger partial charge in [-0.2, -0.15) is 0 Å². The van der Waals surface area contributed by atoms with Crippen LogP contribution in [0.5, 0.6) is 0 Å². The topological polar surface area (TPSA) is 88.5 Å². The third kappa shape index (κ3) is 4.89. The summed E-state index contributed by atoms with van der Waals surface area (Å²) in [5.74, 6) is -0.146. The van der Waals surface area contributed by atoms with Crippen LogP contribution in [-0.2, 0) is 20.5 Å². The molecular formula is C13H19ClN2O4S. The smallest absolute Gasteiger partial charge is 0.215 e. The van der Waals surface area contributed by atoms with Gasteiger partial charge in [0.2, 0.25) is 10.0 Å². The molecule has 0 bridgehead atoms. The Balaban J connectivity index is 1.95. The van der Waals surface area contributed by atoms with Crippen LogP contribution in [0.1, 0.15) is 18.4 Å².